The van der Waals surface area contributed by atoms with Gasteiger partial charge in [-0.25, -0.2) is 0 Å². The molecular formula is C13H18O3. The Kier molecular flexibility index (Phi) is 3.93. The molecule has 1 rings (SSSR count). The lowest BCUT2D eigenvalue weighted by atomic mass is 9.78. The molecule has 1 unspecified atom stereocenters. The summed E-state index contributed by atoms with van der Waals surface area (Å²) in [6.07, 6.45) is 2.47. The lowest BCUT2D eigenvalue weighted by Crippen LogP contribution is -2.32. The average molecular weight is 222 g/mol. The van der Waals surface area contributed by atoms with Gasteiger partial charge in [0.1, 0.15) is 5.75 Å². The number of benzene rings is 1. The molecule has 16 heavy (non-hydrogen) atoms. The van der Waals surface area contributed by atoms with E-state index in [4.69, 9.17) is 0 Å². The van der Waals surface area contributed by atoms with E-state index in [1.165, 1.54) is 12.1 Å². The summed E-state index contributed by atoms with van der Waals surface area (Å²) in [6.45, 7) is 3.77. The van der Waals surface area contributed by atoms with Crippen LogP contribution in [-0.2, 0) is 10.2 Å². The zero-order chi connectivity index (χ0) is 12.2. The Morgan fingerprint density at radius 1 is 1.31 bits per heavy atom. The highest BCUT2D eigenvalue weighted by Gasteiger charge is 2.34. The van der Waals surface area contributed by atoms with Crippen LogP contribution < -0.4 is 0 Å². The first-order chi connectivity index (χ1) is 7.50. The van der Waals surface area contributed by atoms with E-state index in [9.17, 15) is 15.0 Å². The van der Waals surface area contributed by atoms with Gasteiger partial charge in [-0.15, -0.1) is 0 Å². The van der Waals surface area contributed by atoms with E-state index in [0.29, 0.717) is 6.42 Å². The minimum absolute atomic E-state index is 0.159. The van der Waals surface area contributed by atoms with E-state index >= 15 is 0 Å². The number of aromatic hydroxyl groups is 1. The fraction of sp³-hybridized carbons (Fsp3) is 0.462. The third-order valence-corrected chi connectivity index (χ3v) is 3.01. The van der Waals surface area contributed by atoms with E-state index in [2.05, 4.69) is 0 Å². The van der Waals surface area contributed by atoms with Crippen molar-refractivity contribution in [3.8, 4) is 5.75 Å². The van der Waals surface area contributed by atoms with Gasteiger partial charge in [0.15, 0.2) is 0 Å². The van der Waals surface area contributed by atoms with Crippen LogP contribution in [-0.4, -0.2) is 16.2 Å². The molecule has 3 nitrogen and oxygen atoms in total. The Labute approximate surface area is 95.7 Å². The first-order valence-corrected chi connectivity index (χ1v) is 5.53. The number of hydrogen-bond acceptors (Lipinski definition) is 2. The summed E-state index contributed by atoms with van der Waals surface area (Å²) in [4.78, 5) is 11.3. The van der Waals surface area contributed by atoms with Crippen molar-refractivity contribution in [2.24, 2.45) is 0 Å². The van der Waals surface area contributed by atoms with Gasteiger partial charge in [0, 0.05) is 0 Å². The lowest BCUT2D eigenvalue weighted by Gasteiger charge is -2.25. The first-order valence-electron chi connectivity index (χ1n) is 5.53. The summed E-state index contributed by atoms with van der Waals surface area (Å²) in [5.74, 6) is -0.654. The van der Waals surface area contributed by atoms with E-state index in [0.717, 1.165) is 18.4 Å². The number of carboxylic acid groups (broad SMARTS) is 1. The zero-order valence-corrected chi connectivity index (χ0v) is 9.73. The highest BCUT2D eigenvalue weighted by molar-refractivity contribution is 5.80. The molecular weight excluding hydrogens is 204 g/mol. The Hall–Kier alpha value is -1.51. The Bertz CT molecular complexity index is 356. The molecule has 0 aliphatic rings. The second-order valence-corrected chi connectivity index (χ2v) is 4.29. The molecule has 0 spiro atoms. The molecule has 0 aromatic heterocycles. The van der Waals surface area contributed by atoms with Crippen LogP contribution in [0.25, 0.3) is 0 Å². The highest BCUT2D eigenvalue weighted by Crippen LogP contribution is 2.31. The van der Waals surface area contributed by atoms with Gasteiger partial charge in [-0.1, -0.05) is 31.9 Å². The smallest absolute Gasteiger partial charge is 0.313 e. The van der Waals surface area contributed by atoms with Crippen LogP contribution in [0.2, 0.25) is 0 Å². The molecule has 0 bridgehead atoms. The second-order valence-electron chi connectivity index (χ2n) is 4.29. The molecule has 1 aromatic rings. The molecule has 0 fully saturated rings. The van der Waals surface area contributed by atoms with Gasteiger partial charge in [0.2, 0.25) is 0 Å². The van der Waals surface area contributed by atoms with Crippen LogP contribution >= 0.6 is 0 Å². The number of phenolic OH excluding ortho intramolecular Hbond substituents is 1. The Balaban J connectivity index is 3.01. The van der Waals surface area contributed by atoms with Crippen molar-refractivity contribution >= 4 is 5.97 Å². The molecule has 0 saturated carbocycles. The predicted molar refractivity (Wildman–Crippen MR) is 62.6 cm³/mol. The summed E-state index contributed by atoms with van der Waals surface area (Å²) < 4.78 is 0. The SMILES string of the molecule is CCCCC(C)(C(=O)O)c1ccc(O)cc1. The zero-order valence-electron chi connectivity index (χ0n) is 9.73. The molecule has 0 saturated heterocycles. The number of carboxylic acids is 1. The maximum absolute atomic E-state index is 11.3. The molecule has 0 amide bonds. The molecule has 0 heterocycles. The van der Waals surface area contributed by atoms with E-state index < -0.39 is 11.4 Å². The fourth-order valence-corrected chi connectivity index (χ4v) is 1.73. The topological polar surface area (TPSA) is 57.5 Å². The van der Waals surface area contributed by atoms with Crippen LogP contribution in [0, 0.1) is 0 Å². The number of phenols is 1. The van der Waals surface area contributed by atoms with Gasteiger partial charge in [-0.3, -0.25) is 4.79 Å². The van der Waals surface area contributed by atoms with Crippen molar-refractivity contribution in [3.05, 3.63) is 29.8 Å². The maximum atomic E-state index is 11.3. The quantitative estimate of drug-likeness (QED) is 0.805. The van der Waals surface area contributed by atoms with Crippen LogP contribution in [0.3, 0.4) is 0 Å². The molecule has 0 aliphatic heterocycles. The monoisotopic (exact) mass is 222 g/mol. The summed E-state index contributed by atoms with van der Waals surface area (Å²) in [6, 6.07) is 6.42. The summed E-state index contributed by atoms with van der Waals surface area (Å²) in [5, 5.41) is 18.5. The number of hydrogen-bond donors (Lipinski definition) is 2. The summed E-state index contributed by atoms with van der Waals surface area (Å²) >= 11 is 0. The highest BCUT2D eigenvalue weighted by atomic mass is 16.4. The van der Waals surface area contributed by atoms with Crippen LogP contribution in [0.5, 0.6) is 5.75 Å². The number of aliphatic carboxylic acids is 1. The standard InChI is InChI=1S/C13H18O3/c1-3-4-9-13(2,12(15)16)10-5-7-11(14)8-6-10/h5-8,14H,3-4,9H2,1-2H3,(H,15,16). The summed E-state index contributed by atoms with van der Waals surface area (Å²) in [7, 11) is 0. The normalized spacial score (nSPS) is 14.4. The van der Waals surface area contributed by atoms with Gasteiger partial charge in [0.05, 0.1) is 5.41 Å². The van der Waals surface area contributed by atoms with Gasteiger partial charge in [-0.05, 0) is 31.0 Å². The molecule has 3 heteroatoms. The fourth-order valence-electron chi connectivity index (χ4n) is 1.73. The average Bonchev–Trinajstić information content (AvgIpc) is 2.26. The van der Waals surface area contributed by atoms with Crippen molar-refractivity contribution in [1.29, 1.82) is 0 Å². The number of rotatable bonds is 5. The van der Waals surface area contributed by atoms with Gasteiger partial charge in [0.25, 0.3) is 0 Å². The van der Waals surface area contributed by atoms with Crippen molar-refractivity contribution in [2.45, 2.75) is 38.5 Å². The molecule has 1 atom stereocenters. The molecule has 1 aromatic carbocycles. The number of carbonyl (C=O) groups is 1. The first kappa shape index (κ1) is 12.6. The van der Waals surface area contributed by atoms with E-state index in [1.54, 1.807) is 19.1 Å². The van der Waals surface area contributed by atoms with Gasteiger partial charge < -0.3 is 10.2 Å². The van der Waals surface area contributed by atoms with E-state index in [-0.39, 0.29) is 5.75 Å². The maximum Gasteiger partial charge on any atom is 0.313 e. The Morgan fingerprint density at radius 2 is 1.88 bits per heavy atom. The van der Waals surface area contributed by atoms with Crippen molar-refractivity contribution in [3.63, 3.8) is 0 Å². The minimum Gasteiger partial charge on any atom is -0.508 e. The third kappa shape index (κ3) is 2.54. The largest absolute Gasteiger partial charge is 0.508 e. The van der Waals surface area contributed by atoms with Crippen molar-refractivity contribution in [2.75, 3.05) is 0 Å². The Morgan fingerprint density at radius 3 is 2.31 bits per heavy atom. The molecule has 0 aliphatic carbocycles. The third-order valence-electron chi connectivity index (χ3n) is 3.01. The van der Waals surface area contributed by atoms with Gasteiger partial charge >= 0.3 is 5.97 Å². The lowest BCUT2D eigenvalue weighted by molar-refractivity contribution is -0.143. The van der Waals surface area contributed by atoms with Crippen LogP contribution in [0.15, 0.2) is 24.3 Å². The molecule has 0 radical (unpaired) electrons. The molecule has 2 N–H and O–H groups in total. The van der Waals surface area contributed by atoms with Crippen molar-refractivity contribution < 1.29 is 15.0 Å². The minimum atomic E-state index is -0.857. The predicted octanol–water partition coefficient (Wildman–Crippen LogP) is 2.92. The summed E-state index contributed by atoms with van der Waals surface area (Å²) in [5.41, 5.74) is -0.116. The second kappa shape index (κ2) is 5.01. The molecule has 88 valence electrons. The number of unbranched alkanes of at least 4 members (excludes halogenated alkanes) is 1. The van der Waals surface area contributed by atoms with Crippen LogP contribution in [0.1, 0.15) is 38.7 Å². The van der Waals surface area contributed by atoms with Gasteiger partial charge in [-0.2, -0.15) is 0 Å². The van der Waals surface area contributed by atoms with E-state index in [1.807, 2.05) is 6.92 Å². The van der Waals surface area contributed by atoms with Crippen molar-refractivity contribution in [1.82, 2.24) is 0 Å². The van der Waals surface area contributed by atoms with Crippen LogP contribution in [0.4, 0.5) is 0 Å².